The van der Waals surface area contributed by atoms with Crippen LogP contribution in [0.2, 0.25) is 0 Å². The van der Waals surface area contributed by atoms with Crippen molar-refractivity contribution in [2.45, 2.75) is 32.9 Å². The van der Waals surface area contributed by atoms with E-state index in [1.807, 2.05) is 24.8 Å². The molecule has 24 heavy (non-hydrogen) atoms. The fourth-order valence-electron chi connectivity index (χ4n) is 2.80. The number of hydrogen-bond donors (Lipinski definition) is 2. The van der Waals surface area contributed by atoms with Crippen LogP contribution in [0.15, 0.2) is 29.3 Å². The highest BCUT2D eigenvalue weighted by Crippen LogP contribution is 2.18. The van der Waals surface area contributed by atoms with Gasteiger partial charge in [0, 0.05) is 32.8 Å². The summed E-state index contributed by atoms with van der Waals surface area (Å²) in [6, 6.07) is 8.44. The molecule has 2 N–H and O–H groups in total. The summed E-state index contributed by atoms with van der Waals surface area (Å²) in [5.41, 5.74) is 2.58. The molecule has 1 amide bonds. The van der Waals surface area contributed by atoms with E-state index in [9.17, 15) is 4.79 Å². The lowest BCUT2D eigenvalue weighted by Crippen LogP contribution is -2.45. The maximum Gasteiger partial charge on any atom is 0.244 e. The van der Waals surface area contributed by atoms with Gasteiger partial charge in [0.1, 0.15) is 6.54 Å². The minimum atomic E-state index is 0.0566. The fraction of sp³-hybridized carbons (Fsp3) is 0.556. The van der Waals surface area contributed by atoms with Gasteiger partial charge in [0.25, 0.3) is 0 Å². The van der Waals surface area contributed by atoms with Gasteiger partial charge < -0.3 is 20.3 Å². The Morgan fingerprint density at radius 2 is 2.12 bits per heavy atom. The molecule has 1 aromatic rings. The average Bonchev–Trinajstić information content (AvgIpc) is 2.59. The van der Waals surface area contributed by atoms with Crippen LogP contribution in [0.25, 0.3) is 0 Å². The third-order valence-electron chi connectivity index (χ3n) is 4.00. The third-order valence-corrected chi connectivity index (χ3v) is 4.00. The number of rotatable bonds is 6. The number of benzene rings is 1. The second-order valence-corrected chi connectivity index (χ2v) is 6.03. The summed E-state index contributed by atoms with van der Waals surface area (Å²) in [6.45, 7) is 6.93. The number of nitrogens with one attached hydrogen (secondary N) is 2. The van der Waals surface area contributed by atoms with Gasteiger partial charge in [-0.25, -0.2) is 4.99 Å². The number of guanidine groups is 1. The van der Waals surface area contributed by atoms with Crippen molar-refractivity contribution in [3.05, 3.63) is 35.4 Å². The van der Waals surface area contributed by atoms with Gasteiger partial charge in [0.05, 0.1) is 6.61 Å². The van der Waals surface area contributed by atoms with Crippen LogP contribution in [-0.2, 0) is 22.5 Å². The predicted molar refractivity (Wildman–Crippen MR) is 96.0 cm³/mol. The van der Waals surface area contributed by atoms with Gasteiger partial charge in [-0.3, -0.25) is 4.79 Å². The first-order valence-corrected chi connectivity index (χ1v) is 8.52. The van der Waals surface area contributed by atoms with E-state index in [0.29, 0.717) is 19.1 Å². The summed E-state index contributed by atoms with van der Waals surface area (Å²) in [5, 5.41) is 6.39. The molecule has 0 aliphatic carbocycles. The molecule has 0 aromatic heterocycles. The Morgan fingerprint density at radius 1 is 1.38 bits per heavy atom. The van der Waals surface area contributed by atoms with Gasteiger partial charge in [-0.05, 0) is 31.4 Å². The van der Waals surface area contributed by atoms with Crippen LogP contribution in [0.3, 0.4) is 0 Å². The van der Waals surface area contributed by atoms with E-state index in [4.69, 9.17) is 4.74 Å². The molecule has 2 rings (SSSR count). The molecule has 6 heteroatoms. The van der Waals surface area contributed by atoms with Gasteiger partial charge in [-0.1, -0.05) is 24.3 Å². The smallest absolute Gasteiger partial charge is 0.244 e. The second kappa shape index (κ2) is 9.27. The van der Waals surface area contributed by atoms with Gasteiger partial charge in [-0.15, -0.1) is 0 Å². The summed E-state index contributed by atoms with van der Waals surface area (Å²) in [7, 11) is 1.67. The fourth-order valence-corrected chi connectivity index (χ4v) is 2.80. The van der Waals surface area contributed by atoms with Gasteiger partial charge in [-0.2, -0.15) is 0 Å². The number of aliphatic imine (C=N–C) groups is 1. The highest BCUT2D eigenvalue weighted by atomic mass is 16.5. The molecule has 1 unspecified atom stereocenters. The van der Waals surface area contributed by atoms with Crippen LogP contribution in [0, 0.1) is 0 Å². The van der Waals surface area contributed by atoms with Gasteiger partial charge >= 0.3 is 0 Å². The van der Waals surface area contributed by atoms with Gasteiger partial charge in [0.2, 0.25) is 5.91 Å². The minimum absolute atomic E-state index is 0.0566. The van der Waals surface area contributed by atoms with Crippen molar-refractivity contribution < 1.29 is 9.53 Å². The maximum atomic E-state index is 12.5. The number of amides is 1. The topological polar surface area (TPSA) is 66.0 Å². The number of hydrogen-bond acceptors (Lipinski definition) is 3. The Balaban J connectivity index is 1.92. The normalized spacial score (nSPS) is 15.6. The van der Waals surface area contributed by atoms with Crippen molar-refractivity contribution in [2.24, 2.45) is 4.99 Å². The molecule has 0 bridgehead atoms. The van der Waals surface area contributed by atoms with E-state index in [2.05, 4.69) is 33.8 Å². The van der Waals surface area contributed by atoms with E-state index in [1.54, 1.807) is 7.11 Å². The third kappa shape index (κ3) is 5.23. The first-order valence-electron chi connectivity index (χ1n) is 8.52. The summed E-state index contributed by atoms with van der Waals surface area (Å²) in [5.74, 6) is 0.703. The molecule has 6 nitrogen and oxygen atoms in total. The van der Waals surface area contributed by atoms with Gasteiger partial charge in [0.15, 0.2) is 5.96 Å². The summed E-state index contributed by atoms with van der Waals surface area (Å²) in [4.78, 5) is 18.8. The Kier molecular flexibility index (Phi) is 7.06. The van der Waals surface area contributed by atoms with E-state index < -0.39 is 0 Å². The minimum Gasteiger partial charge on any atom is -0.383 e. The maximum absolute atomic E-state index is 12.5. The van der Waals surface area contributed by atoms with Crippen molar-refractivity contribution in [2.75, 3.05) is 33.4 Å². The first kappa shape index (κ1) is 18.3. The van der Waals surface area contributed by atoms with Crippen molar-refractivity contribution >= 4 is 11.9 Å². The van der Waals surface area contributed by atoms with Crippen molar-refractivity contribution in [3.8, 4) is 0 Å². The van der Waals surface area contributed by atoms with Crippen molar-refractivity contribution in [1.82, 2.24) is 15.5 Å². The SMILES string of the molecule is CCNC(=NCC(=O)N1CCc2ccccc2C1)NC(C)COC. The molecular formula is C18H28N4O2. The average molecular weight is 332 g/mol. The van der Waals surface area contributed by atoms with Crippen LogP contribution in [0.1, 0.15) is 25.0 Å². The highest BCUT2D eigenvalue weighted by Gasteiger charge is 2.20. The molecule has 1 atom stereocenters. The molecule has 0 spiro atoms. The van der Waals surface area contributed by atoms with E-state index >= 15 is 0 Å². The van der Waals surface area contributed by atoms with Crippen LogP contribution < -0.4 is 10.6 Å². The van der Waals surface area contributed by atoms with Crippen LogP contribution in [-0.4, -0.2) is 56.2 Å². The molecule has 0 saturated heterocycles. The number of carbonyl (C=O) groups excluding carboxylic acids is 1. The molecule has 1 aromatic carbocycles. The number of nitrogens with zero attached hydrogens (tertiary/aromatic N) is 2. The molecule has 0 radical (unpaired) electrons. The largest absolute Gasteiger partial charge is 0.383 e. The van der Waals surface area contributed by atoms with E-state index in [1.165, 1.54) is 11.1 Å². The molecule has 132 valence electrons. The van der Waals surface area contributed by atoms with Crippen molar-refractivity contribution in [3.63, 3.8) is 0 Å². The number of ether oxygens (including phenoxy) is 1. The predicted octanol–water partition coefficient (Wildman–Crippen LogP) is 1.16. The summed E-state index contributed by atoms with van der Waals surface area (Å²) < 4.78 is 5.12. The Morgan fingerprint density at radius 3 is 2.83 bits per heavy atom. The van der Waals surface area contributed by atoms with E-state index in [-0.39, 0.29) is 18.5 Å². The monoisotopic (exact) mass is 332 g/mol. The van der Waals surface area contributed by atoms with Crippen LogP contribution >= 0.6 is 0 Å². The standard InChI is InChI=1S/C18H28N4O2/c1-4-19-18(21-14(2)13-24-3)20-11-17(23)22-10-9-15-7-5-6-8-16(15)12-22/h5-8,14H,4,9-13H2,1-3H3,(H2,19,20,21). The Labute approximate surface area is 144 Å². The number of methoxy groups -OCH3 is 1. The molecule has 1 aliphatic rings. The molecule has 0 saturated carbocycles. The number of fused-ring (bicyclic) bond motifs is 1. The zero-order valence-corrected chi connectivity index (χ0v) is 14.8. The summed E-state index contributed by atoms with van der Waals surface area (Å²) in [6.07, 6.45) is 0.912. The lowest BCUT2D eigenvalue weighted by Gasteiger charge is -2.28. The molecular weight excluding hydrogens is 304 g/mol. The first-order chi connectivity index (χ1) is 11.6. The number of carbonyl (C=O) groups is 1. The Hall–Kier alpha value is -2.08. The quantitative estimate of drug-likeness (QED) is 0.606. The van der Waals surface area contributed by atoms with Crippen LogP contribution in [0.4, 0.5) is 0 Å². The summed E-state index contributed by atoms with van der Waals surface area (Å²) >= 11 is 0. The van der Waals surface area contributed by atoms with Crippen molar-refractivity contribution in [1.29, 1.82) is 0 Å². The highest BCUT2D eigenvalue weighted by molar-refractivity contribution is 5.85. The van der Waals surface area contributed by atoms with Crippen LogP contribution in [0.5, 0.6) is 0 Å². The lowest BCUT2D eigenvalue weighted by atomic mass is 10.00. The molecule has 1 heterocycles. The lowest BCUT2D eigenvalue weighted by molar-refractivity contribution is -0.130. The molecule has 1 aliphatic heterocycles. The zero-order chi connectivity index (χ0) is 17.4. The second-order valence-electron chi connectivity index (χ2n) is 6.03. The molecule has 0 fully saturated rings. The Bertz CT molecular complexity index is 574. The van der Waals surface area contributed by atoms with E-state index in [0.717, 1.165) is 19.5 Å². The zero-order valence-electron chi connectivity index (χ0n) is 14.8.